The second kappa shape index (κ2) is 8.47. The average Bonchev–Trinajstić information content (AvgIpc) is 3.09. The molecule has 2 heterocycles. The maximum atomic E-state index is 4.48. The van der Waals surface area contributed by atoms with Gasteiger partial charge in [-0.15, -0.1) is 35.3 Å². The second-order valence-corrected chi connectivity index (χ2v) is 7.62. The van der Waals surface area contributed by atoms with Gasteiger partial charge in [0.2, 0.25) is 0 Å². The van der Waals surface area contributed by atoms with Crippen molar-refractivity contribution >= 4 is 41.3 Å². The molecule has 1 aromatic heterocycles. The maximum Gasteiger partial charge on any atom is 0.193 e. The van der Waals surface area contributed by atoms with E-state index in [1.54, 1.807) is 11.3 Å². The Labute approximate surface area is 154 Å². The van der Waals surface area contributed by atoms with Crippen molar-refractivity contribution in [2.75, 3.05) is 26.7 Å². The number of fused-ring (bicyclic) bond motifs is 1. The van der Waals surface area contributed by atoms with Crippen LogP contribution in [0.3, 0.4) is 0 Å². The lowest BCUT2D eigenvalue weighted by Gasteiger charge is -2.22. The van der Waals surface area contributed by atoms with Crippen molar-refractivity contribution in [3.63, 3.8) is 0 Å². The Balaban J connectivity index is 0.00000176. The van der Waals surface area contributed by atoms with Gasteiger partial charge >= 0.3 is 0 Å². The minimum Gasteiger partial charge on any atom is -0.356 e. The molecule has 6 heteroatoms. The second-order valence-electron chi connectivity index (χ2n) is 6.30. The van der Waals surface area contributed by atoms with E-state index in [2.05, 4.69) is 27.1 Å². The monoisotopic (exact) mass is 434 g/mol. The minimum absolute atomic E-state index is 0. The van der Waals surface area contributed by atoms with Crippen molar-refractivity contribution in [1.82, 2.24) is 15.2 Å². The van der Waals surface area contributed by atoms with Crippen molar-refractivity contribution in [2.24, 2.45) is 16.8 Å². The largest absolute Gasteiger partial charge is 0.356 e. The summed E-state index contributed by atoms with van der Waals surface area (Å²) in [5.41, 5.74) is 0. The van der Waals surface area contributed by atoms with Crippen LogP contribution in [-0.4, -0.2) is 42.5 Å². The fourth-order valence-corrected chi connectivity index (χ4v) is 4.50. The quantitative estimate of drug-likeness (QED) is 0.451. The van der Waals surface area contributed by atoms with Crippen LogP contribution in [0.25, 0.3) is 0 Å². The number of halogens is 1. The zero-order chi connectivity index (χ0) is 14.7. The topological polar surface area (TPSA) is 40.5 Å². The van der Waals surface area contributed by atoms with Crippen LogP contribution in [0, 0.1) is 18.8 Å². The summed E-state index contributed by atoms with van der Waals surface area (Å²) in [5, 5.41) is 4.73. The third-order valence-corrected chi connectivity index (χ3v) is 5.75. The zero-order valence-corrected chi connectivity index (χ0v) is 16.7. The highest BCUT2D eigenvalue weighted by Crippen LogP contribution is 2.35. The molecular formula is C16H27IN4S. The molecule has 1 N–H and O–H groups in total. The smallest absolute Gasteiger partial charge is 0.193 e. The molecule has 0 radical (unpaired) electrons. The van der Waals surface area contributed by atoms with E-state index >= 15 is 0 Å². The molecule has 2 unspecified atom stereocenters. The van der Waals surface area contributed by atoms with Crippen LogP contribution in [0.1, 0.15) is 35.6 Å². The standard InChI is InChI=1S/C16H26N4S.HI/c1-12-9-19-15(21-12)7-8-18-16(17-2)20-10-13-5-3-4-6-14(13)11-20;/h9,13-14H,3-8,10-11H2,1-2H3,(H,17,18);1H. The molecule has 1 saturated carbocycles. The van der Waals surface area contributed by atoms with Gasteiger partial charge in [-0.3, -0.25) is 4.99 Å². The van der Waals surface area contributed by atoms with E-state index in [1.807, 2.05) is 13.2 Å². The number of likely N-dealkylation sites (tertiary alicyclic amines) is 1. The number of nitrogens with zero attached hydrogens (tertiary/aromatic N) is 3. The summed E-state index contributed by atoms with van der Waals surface area (Å²) in [6.45, 7) is 5.42. The van der Waals surface area contributed by atoms with Crippen molar-refractivity contribution in [3.05, 3.63) is 16.1 Å². The molecule has 2 fully saturated rings. The maximum absolute atomic E-state index is 4.48. The van der Waals surface area contributed by atoms with Gasteiger partial charge in [0.05, 0.1) is 5.01 Å². The van der Waals surface area contributed by atoms with Crippen molar-refractivity contribution in [1.29, 1.82) is 0 Å². The third-order valence-electron chi connectivity index (χ3n) is 4.78. The fraction of sp³-hybridized carbons (Fsp3) is 0.750. The SMILES string of the molecule is CN=C(NCCc1ncc(C)s1)N1CC2CCCCC2C1.I. The summed E-state index contributed by atoms with van der Waals surface area (Å²) >= 11 is 1.79. The van der Waals surface area contributed by atoms with Crippen molar-refractivity contribution in [3.8, 4) is 0 Å². The number of hydrogen-bond donors (Lipinski definition) is 1. The minimum atomic E-state index is 0. The van der Waals surface area contributed by atoms with Gasteiger partial charge in [-0.2, -0.15) is 0 Å². The van der Waals surface area contributed by atoms with Gasteiger partial charge < -0.3 is 10.2 Å². The number of guanidine groups is 1. The van der Waals surface area contributed by atoms with Crippen molar-refractivity contribution < 1.29 is 0 Å². The van der Waals surface area contributed by atoms with Crippen LogP contribution in [0.2, 0.25) is 0 Å². The van der Waals surface area contributed by atoms with E-state index in [0.717, 1.165) is 30.8 Å². The van der Waals surface area contributed by atoms with Crippen LogP contribution < -0.4 is 5.32 Å². The first-order valence-corrected chi connectivity index (χ1v) is 8.95. The summed E-state index contributed by atoms with van der Waals surface area (Å²) in [6, 6.07) is 0. The van der Waals surface area contributed by atoms with E-state index < -0.39 is 0 Å². The number of thiazole rings is 1. The molecular weight excluding hydrogens is 407 g/mol. The Bertz CT molecular complexity index is 488. The Morgan fingerprint density at radius 1 is 1.36 bits per heavy atom. The number of aryl methyl sites for hydroxylation is 1. The fourth-order valence-electron chi connectivity index (χ4n) is 3.71. The Hall–Kier alpha value is -0.370. The first-order valence-electron chi connectivity index (χ1n) is 8.13. The lowest BCUT2D eigenvalue weighted by Crippen LogP contribution is -2.41. The van der Waals surface area contributed by atoms with Crippen LogP contribution in [0.4, 0.5) is 0 Å². The molecule has 0 amide bonds. The molecule has 4 nitrogen and oxygen atoms in total. The lowest BCUT2D eigenvalue weighted by atomic mass is 9.82. The molecule has 1 saturated heterocycles. The van der Waals surface area contributed by atoms with E-state index in [-0.39, 0.29) is 24.0 Å². The number of aromatic nitrogens is 1. The first-order chi connectivity index (χ1) is 10.3. The zero-order valence-electron chi connectivity index (χ0n) is 13.5. The number of nitrogens with one attached hydrogen (secondary N) is 1. The van der Waals surface area contributed by atoms with Crippen LogP contribution in [-0.2, 0) is 6.42 Å². The van der Waals surface area contributed by atoms with Crippen LogP contribution in [0.15, 0.2) is 11.2 Å². The average molecular weight is 434 g/mol. The number of aliphatic imine (C=N–C) groups is 1. The Morgan fingerprint density at radius 3 is 2.59 bits per heavy atom. The van der Waals surface area contributed by atoms with Gasteiger partial charge in [0.15, 0.2) is 5.96 Å². The van der Waals surface area contributed by atoms with Crippen LogP contribution in [0.5, 0.6) is 0 Å². The van der Waals surface area contributed by atoms with Gasteiger partial charge in [-0.1, -0.05) is 12.8 Å². The molecule has 2 aliphatic rings. The predicted molar refractivity (Wildman–Crippen MR) is 104 cm³/mol. The van der Waals surface area contributed by atoms with Crippen molar-refractivity contribution in [2.45, 2.75) is 39.0 Å². The number of rotatable bonds is 3. The van der Waals surface area contributed by atoms with Gasteiger partial charge in [0, 0.05) is 44.2 Å². The number of hydrogen-bond acceptors (Lipinski definition) is 3. The molecule has 0 bridgehead atoms. The molecule has 1 aliphatic carbocycles. The normalized spacial score (nSPS) is 24.8. The third kappa shape index (κ3) is 4.34. The van der Waals surface area contributed by atoms with Gasteiger partial charge in [-0.25, -0.2) is 4.98 Å². The summed E-state index contributed by atoms with van der Waals surface area (Å²) < 4.78 is 0. The Morgan fingerprint density at radius 2 is 2.05 bits per heavy atom. The molecule has 124 valence electrons. The molecule has 2 atom stereocenters. The summed E-state index contributed by atoms with van der Waals surface area (Å²) in [5.74, 6) is 2.88. The lowest BCUT2D eigenvalue weighted by molar-refractivity contribution is 0.299. The molecule has 3 rings (SSSR count). The highest BCUT2D eigenvalue weighted by atomic mass is 127. The summed E-state index contributed by atoms with van der Waals surface area (Å²) in [4.78, 5) is 12.7. The Kier molecular flexibility index (Phi) is 6.92. The van der Waals surface area contributed by atoms with Gasteiger partial charge in [0.1, 0.15) is 0 Å². The van der Waals surface area contributed by atoms with E-state index in [4.69, 9.17) is 0 Å². The van der Waals surface area contributed by atoms with Gasteiger partial charge in [-0.05, 0) is 31.6 Å². The predicted octanol–water partition coefficient (Wildman–Crippen LogP) is 3.31. The molecule has 22 heavy (non-hydrogen) atoms. The summed E-state index contributed by atoms with van der Waals surface area (Å²) in [6.07, 6.45) is 8.61. The molecule has 0 spiro atoms. The van der Waals surface area contributed by atoms with E-state index in [9.17, 15) is 0 Å². The van der Waals surface area contributed by atoms with E-state index in [1.165, 1.54) is 48.7 Å². The van der Waals surface area contributed by atoms with Gasteiger partial charge in [0.25, 0.3) is 0 Å². The first kappa shape index (κ1) is 18.0. The highest BCUT2D eigenvalue weighted by Gasteiger charge is 2.35. The molecule has 1 aliphatic heterocycles. The molecule has 0 aromatic carbocycles. The molecule has 1 aromatic rings. The highest BCUT2D eigenvalue weighted by molar-refractivity contribution is 14.0. The van der Waals surface area contributed by atoms with Crippen LogP contribution >= 0.6 is 35.3 Å². The summed E-state index contributed by atoms with van der Waals surface area (Å²) in [7, 11) is 1.90. The van der Waals surface area contributed by atoms with E-state index in [0.29, 0.717) is 0 Å².